The smallest absolute Gasteiger partial charge is 0.330 e. The first kappa shape index (κ1) is 16.5. The van der Waals surface area contributed by atoms with Gasteiger partial charge in [0.2, 0.25) is 0 Å². The second-order valence-corrected chi connectivity index (χ2v) is 5.22. The molecule has 0 saturated carbocycles. The fourth-order valence-corrected chi connectivity index (χ4v) is 1.56. The zero-order chi connectivity index (χ0) is 16.2. The third-order valence-corrected chi connectivity index (χ3v) is 2.39. The maximum atomic E-state index is 13.0. The molecule has 0 saturated heterocycles. The minimum Gasteiger partial charge on any atom is -0.459 e. The molecule has 112 valence electrons. The zero-order valence-electron chi connectivity index (χ0n) is 11.8. The number of hydrogen-bond acceptors (Lipinski definition) is 6. The summed E-state index contributed by atoms with van der Waals surface area (Å²) in [6, 6.07) is 2.65. The highest BCUT2D eigenvalue weighted by molar-refractivity contribution is 5.81. The van der Waals surface area contributed by atoms with E-state index in [9.17, 15) is 19.3 Å². The highest BCUT2D eigenvalue weighted by atomic mass is 19.1. The molecule has 0 aromatic carbocycles. The summed E-state index contributed by atoms with van der Waals surface area (Å²) in [5.41, 5.74) is -1.57. The number of halogens is 1. The molecule has 1 heterocycles. The average molecular weight is 295 g/mol. The molecule has 1 atom stereocenters. The van der Waals surface area contributed by atoms with Gasteiger partial charge in [-0.25, -0.2) is 4.39 Å². The Kier molecular flexibility index (Phi) is 4.92. The van der Waals surface area contributed by atoms with Gasteiger partial charge in [-0.15, -0.1) is 0 Å². The van der Waals surface area contributed by atoms with Crippen molar-refractivity contribution in [2.45, 2.75) is 39.0 Å². The summed E-state index contributed by atoms with van der Waals surface area (Å²) in [6.07, 6.45) is 0.878. The molecule has 7 nitrogen and oxygen atoms in total. The number of alkyl halides is 1. The summed E-state index contributed by atoms with van der Waals surface area (Å²) < 4.78 is 18.1. The number of nitro groups is 1. The van der Waals surface area contributed by atoms with Gasteiger partial charge < -0.3 is 4.74 Å². The molecule has 1 unspecified atom stereocenters. The van der Waals surface area contributed by atoms with Gasteiger partial charge in [0.1, 0.15) is 18.5 Å². The van der Waals surface area contributed by atoms with E-state index < -0.39 is 34.8 Å². The van der Waals surface area contributed by atoms with E-state index in [1.54, 1.807) is 26.8 Å². The summed E-state index contributed by atoms with van der Waals surface area (Å²) in [4.78, 5) is 25.5. The standard InChI is InChI=1S/C13H14FN3O4/c1-13(2,3)21-12(18)10(6-15)11-8(5-14)4-9(7-16-11)17(19)20/h4,7,10H,5H2,1-3H3. The van der Waals surface area contributed by atoms with Crippen LogP contribution in [0.5, 0.6) is 0 Å². The van der Waals surface area contributed by atoms with E-state index in [0.29, 0.717) is 0 Å². The van der Waals surface area contributed by atoms with Crippen LogP contribution in [0.4, 0.5) is 10.1 Å². The molecule has 0 aliphatic rings. The minimum atomic E-state index is -1.43. The Labute approximate surface area is 120 Å². The maximum Gasteiger partial charge on any atom is 0.330 e. The number of rotatable bonds is 4. The molecule has 0 aliphatic heterocycles. The molecule has 0 spiro atoms. The van der Waals surface area contributed by atoms with Crippen molar-refractivity contribution in [2.24, 2.45) is 0 Å². The lowest BCUT2D eigenvalue weighted by atomic mass is 10.0. The van der Waals surface area contributed by atoms with Gasteiger partial charge in [-0.05, 0) is 20.8 Å². The lowest BCUT2D eigenvalue weighted by molar-refractivity contribution is -0.385. The summed E-state index contributed by atoms with van der Waals surface area (Å²) in [7, 11) is 0. The number of aromatic nitrogens is 1. The van der Waals surface area contributed by atoms with E-state index in [1.807, 2.05) is 0 Å². The summed E-state index contributed by atoms with van der Waals surface area (Å²) in [5.74, 6) is -2.31. The first-order valence-electron chi connectivity index (χ1n) is 6.01. The van der Waals surface area contributed by atoms with Crippen LogP contribution in [0.3, 0.4) is 0 Å². The SMILES string of the molecule is CC(C)(C)OC(=O)C(C#N)c1ncc([N+](=O)[O-])cc1CF. The predicted octanol–water partition coefficient (Wildman–Crippen LogP) is 2.41. The summed E-state index contributed by atoms with van der Waals surface area (Å²) >= 11 is 0. The van der Waals surface area contributed by atoms with E-state index in [4.69, 9.17) is 10.00 Å². The van der Waals surface area contributed by atoms with Crippen LogP contribution in [0.1, 0.15) is 37.9 Å². The van der Waals surface area contributed by atoms with Crippen molar-refractivity contribution >= 4 is 11.7 Å². The molecule has 21 heavy (non-hydrogen) atoms. The molecule has 1 rings (SSSR count). The van der Waals surface area contributed by atoms with E-state index in [0.717, 1.165) is 12.3 Å². The third-order valence-electron chi connectivity index (χ3n) is 2.39. The van der Waals surface area contributed by atoms with E-state index in [2.05, 4.69) is 4.98 Å². The third kappa shape index (κ3) is 4.21. The monoisotopic (exact) mass is 295 g/mol. The van der Waals surface area contributed by atoms with Crippen LogP contribution in [0.25, 0.3) is 0 Å². The lowest BCUT2D eigenvalue weighted by Crippen LogP contribution is -2.28. The Hall–Kier alpha value is -2.56. The number of nitriles is 1. The summed E-state index contributed by atoms with van der Waals surface area (Å²) in [5, 5.41) is 19.7. The Morgan fingerprint density at radius 3 is 2.67 bits per heavy atom. The van der Waals surface area contributed by atoms with Crippen molar-refractivity contribution in [3.63, 3.8) is 0 Å². The van der Waals surface area contributed by atoms with Gasteiger partial charge in [-0.3, -0.25) is 19.9 Å². The molecule has 0 amide bonds. The van der Waals surface area contributed by atoms with Crippen LogP contribution in [0.15, 0.2) is 12.3 Å². The number of carbonyl (C=O) groups is 1. The first-order valence-corrected chi connectivity index (χ1v) is 6.01. The first-order chi connectivity index (χ1) is 9.69. The molecule has 0 fully saturated rings. The lowest BCUT2D eigenvalue weighted by Gasteiger charge is -2.21. The van der Waals surface area contributed by atoms with Crippen molar-refractivity contribution in [1.29, 1.82) is 5.26 Å². The number of esters is 1. The van der Waals surface area contributed by atoms with Gasteiger partial charge >= 0.3 is 5.97 Å². The molecular formula is C13H14FN3O4. The van der Waals surface area contributed by atoms with Gasteiger partial charge in [-0.1, -0.05) is 0 Å². The Balaban J connectivity index is 3.20. The van der Waals surface area contributed by atoms with Crippen LogP contribution in [-0.2, 0) is 16.2 Å². The second-order valence-electron chi connectivity index (χ2n) is 5.22. The molecule has 0 radical (unpaired) electrons. The van der Waals surface area contributed by atoms with Gasteiger partial charge in [0.05, 0.1) is 16.7 Å². The van der Waals surface area contributed by atoms with E-state index in [1.165, 1.54) is 0 Å². The largest absolute Gasteiger partial charge is 0.459 e. The number of nitrogens with zero attached hydrogens (tertiary/aromatic N) is 3. The van der Waals surface area contributed by atoms with Crippen molar-refractivity contribution in [3.8, 4) is 6.07 Å². The topological polar surface area (TPSA) is 106 Å². The van der Waals surface area contributed by atoms with Crippen LogP contribution in [-0.4, -0.2) is 21.5 Å². The molecule has 0 N–H and O–H groups in total. The van der Waals surface area contributed by atoms with Crippen LogP contribution in [0, 0.1) is 21.4 Å². The Morgan fingerprint density at radius 1 is 1.62 bits per heavy atom. The fourth-order valence-electron chi connectivity index (χ4n) is 1.56. The number of carbonyl (C=O) groups excluding carboxylic acids is 1. The fraction of sp³-hybridized carbons (Fsp3) is 0.462. The summed E-state index contributed by atoms with van der Waals surface area (Å²) in [6.45, 7) is 3.79. The highest BCUT2D eigenvalue weighted by Crippen LogP contribution is 2.25. The molecule has 8 heteroatoms. The molecule has 0 aliphatic carbocycles. The molecule has 0 bridgehead atoms. The Bertz CT molecular complexity index is 604. The molecular weight excluding hydrogens is 281 g/mol. The Morgan fingerprint density at radius 2 is 2.24 bits per heavy atom. The van der Waals surface area contributed by atoms with Crippen molar-refractivity contribution in [1.82, 2.24) is 4.98 Å². The maximum absolute atomic E-state index is 13.0. The van der Waals surface area contributed by atoms with Gasteiger partial charge in [-0.2, -0.15) is 5.26 Å². The minimum absolute atomic E-state index is 0.167. The van der Waals surface area contributed by atoms with Crippen LogP contribution in [0.2, 0.25) is 0 Å². The molecule has 1 aromatic heterocycles. The normalized spacial score (nSPS) is 12.3. The number of ether oxygens (including phenoxy) is 1. The van der Waals surface area contributed by atoms with Gasteiger partial charge in [0.25, 0.3) is 5.69 Å². The predicted molar refractivity (Wildman–Crippen MR) is 69.9 cm³/mol. The number of pyridine rings is 1. The van der Waals surface area contributed by atoms with Crippen molar-refractivity contribution < 1.29 is 18.8 Å². The number of hydrogen-bond donors (Lipinski definition) is 0. The van der Waals surface area contributed by atoms with Crippen LogP contribution >= 0.6 is 0 Å². The average Bonchev–Trinajstić information content (AvgIpc) is 2.37. The zero-order valence-corrected chi connectivity index (χ0v) is 11.8. The van der Waals surface area contributed by atoms with Gasteiger partial charge in [0.15, 0.2) is 5.92 Å². The van der Waals surface area contributed by atoms with Crippen LogP contribution < -0.4 is 0 Å². The second kappa shape index (κ2) is 6.26. The quantitative estimate of drug-likeness (QED) is 0.479. The van der Waals surface area contributed by atoms with Gasteiger partial charge in [0, 0.05) is 11.6 Å². The molecule has 1 aromatic rings. The van der Waals surface area contributed by atoms with Crippen molar-refractivity contribution in [2.75, 3.05) is 0 Å². The van der Waals surface area contributed by atoms with E-state index in [-0.39, 0.29) is 11.3 Å². The van der Waals surface area contributed by atoms with Crippen molar-refractivity contribution in [3.05, 3.63) is 33.6 Å². The van der Waals surface area contributed by atoms with E-state index >= 15 is 0 Å². The highest BCUT2D eigenvalue weighted by Gasteiger charge is 2.30.